The maximum Gasteiger partial charge on any atom is 0.211 e. The van der Waals surface area contributed by atoms with Crippen molar-refractivity contribution >= 4 is 23.3 Å². The molecule has 4 rings (SSSR count). The number of ether oxygens (including phenoxy) is 1. The summed E-state index contributed by atoms with van der Waals surface area (Å²) in [4.78, 5) is 8.89. The van der Waals surface area contributed by atoms with Gasteiger partial charge in [0.05, 0.1) is 5.69 Å². The van der Waals surface area contributed by atoms with E-state index < -0.39 is 6.04 Å². The van der Waals surface area contributed by atoms with E-state index in [4.69, 9.17) is 21.5 Å². The summed E-state index contributed by atoms with van der Waals surface area (Å²) in [5, 5.41) is 24.0. The highest BCUT2D eigenvalue weighted by Crippen LogP contribution is 2.43. The maximum atomic E-state index is 9.50. The Morgan fingerprint density at radius 3 is 2.62 bits per heavy atom. The Kier molecular flexibility index (Phi) is 5.47. The molecular formula is C23H20N8O. The van der Waals surface area contributed by atoms with Gasteiger partial charge in [0.2, 0.25) is 5.96 Å². The quantitative estimate of drug-likeness (QED) is 0.367. The fourth-order valence-corrected chi connectivity index (χ4v) is 3.57. The van der Waals surface area contributed by atoms with Gasteiger partial charge in [-0.1, -0.05) is 42.5 Å². The molecule has 0 saturated heterocycles. The summed E-state index contributed by atoms with van der Waals surface area (Å²) in [6.45, 7) is 2.39. The monoisotopic (exact) mass is 424 g/mol. The van der Waals surface area contributed by atoms with E-state index >= 15 is 0 Å². The van der Waals surface area contributed by atoms with Crippen molar-refractivity contribution in [3.63, 3.8) is 0 Å². The SMILES string of the molecule is Cc1ccccc1COc1ccccc1C1N=C(NC#N)Nc2nc(N)c(C#N)c(N)c21. The number of fused-ring (bicyclic) bond motifs is 1. The van der Waals surface area contributed by atoms with Crippen LogP contribution >= 0.6 is 0 Å². The summed E-state index contributed by atoms with van der Waals surface area (Å²) in [5.74, 6) is 1.11. The molecule has 1 atom stereocenters. The number of para-hydroxylation sites is 1. The number of aryl methyl sites for hydroxylation is 1. The molecule has 2 heterocycles. The molecule has 0 spiro atoms. The fraction of sp³-hybridized carbons (Fsp3) is 0.130. The van der Waals surface area contributed by atoms with Gasteiger partial charge in [-0.25, -0.2) is 9.98 Å². The van der Waals surface area contributed by atoms with Gasteiger partial charge in [-0.15, -0.1) is 0 Å². The normalized spacial score (nSPS) is 14.2. The van der Waals surface area contributed by atoms with Gasteiger partial charge >= 0.3 is 0 Å². The van der Waals surface area contributed by atoms with Crippen molar-refractivity contribution in [3.05, 3.63) is 76.3 Å². The minimum atomic E-state index is -0.671. The summed E-state index contributed by atoms with van der Waals surface area (Å²) in [6.07, 6.45) is 1.84. The number of hydrogen-bond acceptors (Lipinski definition) is 9. The molecule has 0 aliphatic carbocycles. The second-order valence-electron chi connectivity index (χ2n) is 7.15. The number of aromatic nitrogens is 1. The summed E-state index contributed by atoms with van der Waals surface area (Å²) in [7, 11) is 0. The number of guanidine groups is 1. The maximum absolute atomic E-state index is 9.50. The Balaban J connectivity index is 1.81. The molecule has 3 aromatic rings. The first-order chi connectivity index (χ1) is 15.5. The number of benzene rings is 2. The lowest BCUT2D eigenvalue weighted by atomic mass is 9.94. The number of nitrogens with zero attached hydrogens (tertiary/aromatic N) is 4. The van der Waals surface area contributed by atoms with Crippen molar-refractivity contribution in [2.45, 2.75) is 19.6 Å². The molecule has 0 saturated carbocycles. The van der Waals surface area contributed by atoms with Crippen LogP contribution in [0.1, 0.15) is 33.9 Å². The second kappa shape index (κ2) is 8.54. The topological polar surface area (TPSA) is 158 Å². The van der Waals surface area contributed by atoms with Crippen LogP contribution in [-0.2, 0) is 6.61 Å². The van der Waals surface area contributed by atoms with Crippen LogP contribution in [0.25, 0.3) is 0 Å². The van der Waals surface area contributed by atoms with Crippen LogP contribution in [0.5, 0.6) is 5.75 Å². The van der Waals surface area contributed by atoms with E-state index in [1.165, 1.54) is 0 Å². The van der Waals surface area contributed by atoms with Crippen LogP contribution < -0.4 is 26.8 Å². The Morgan fingerprint density at radius 2 is 1.88 bits per heavy atom. The number of nitrogen functional groups attached to an aromatic ring is 2. The Labute approximate surface area is 185 Å². The van der Waals surface area contributed by atoms with E-state index in [-0.39, 0.29) is 23.0 Å². The number of hydrogen-bond donors (Lipinski definition) is 4. The summed E-state index contributed by atoms with van der Waals surface area (Å²) in [6, 6.07) is 16.7. The molecule has 1 aromatic heterocycles. The molecule has 32 heavy (non-hydrogen) atoms. The predicted molar refractivity (Wildman–Crippen MR) is 121 cm³/mol. The lowest BCUT2D eigenvalue weighted by molar-refractivity contribution is 0.301. The summed E-state index contributed by atoms with van der Waals surface area (Å²) >= 11 is 0. The molecule has 6 N–H and O–H groups in total. The van der Waals surface area contributed by atoms with E-state index in [0.29, 0.717) is 29.3 Å². The number of nitrogens with one attached hydrogen (secondary N) is 2. The first-order valence-electron chi connectivity index (χ1n) is 9.78. The van der Waals surface area contributed by atoms with Gasteiger partial charge in [-0.3, -0.25) is 5.32 Å². The highest BCUT2D eigenvalue weighted by molar-refractivity contribution is 5.98. The third-order valence-electron chi connectivity index (χ3n) is 5.22. The van der Waals surface area contributed by atoms with E-state index in [9.17, 15) is 5.26 Å². The van der Waals surface area contributed by atoms with E-state index in [1.54, 1.807) is 0 Å². The average Bonchev–Trinajstić information content (AvgIpc) is 2.78. The highest BCUT2D eigenvalue weighted by atomic mass is 16.5. The Hall–Kier alpha value is -4.76. The molecular weight excluding hydrogens is 404 g/mol. The van der Waals surface area contributed by atoms with Crippen molar-refractivity contribution in [2.24, 2.45) is 4.99 Å². The zero-order valence-corrected chi connectivity index (χ0v) is 17.3. The molecule has 9 nitrogen and oxygen atoms in total. The minimum absolute atomic E-state index is 0.00250. The van der Waals surface area contributed by atoms with Crippen LogP contribution in [0.4, 0.5) is 17.3 Å². The van der Waals surface area contributed by atoms with Crippen molar-refractivity contribution in [1.82, 2.24) is 10.3 Å². The first kappa shape index (κ1) is 20.5. The van der Waals surface area contributed by atoms with Crippen molar-refractivity contribution in [2.75, 3.05) is 16.8 Å². The Morgan fingerprint density at radius 1 is 1.12 bits per heavy atom. The standard InChI is InChI=1S/C23H20N8O/c1-13-6-2-3-7-14(13)11-32-17-9-5-4-8-15(17)20-18-19(26)16(10-24)21(27)30-22(18)31-23(29-20)28-12-25/h2-9,20H,11H2,1H3,(H6,26,27,28,29,30,31). The number of pyridine rings is 1. The molecule has 1 unspecified atom stereocenters. The molecule has 0 fully saturated rings. The largest absolute Gasteiger partial charge is 0.489 e. The lowest BCUT2D eigenvalue weighted by Gasteiger charge is -2.27. The van der Waals surface area contributed by atoms with Gasteiger partial charge in [0.15, 0.2) is 6.19 Å². The predicted octanol–water partition coefficient (Wildman–Crippen LogP) is 2.95. The zero-order chi connectivity index (χ0) is 22.7. The number of anilines is 3. The van der Waals surface area contributed by atoms with Gasteiger partial charge < -0.3 is 21.5 Å². The molecule has 158 valence electrons. The summed E-state index contributed by atoms with van der Waals surface area (Å²) in [5.41, 5.74) is 15.9. The lowest BCUT2D eigenvalue weighted by Crippen LogP contribution is -2.32. The van der Waals surface area contributed by atoms with Gasteiger partial charge in [-0.05, 0) is 24.1 Å². The second-order valence-corrected chi connectivity index (χ2v) is 7.15. The molecule has 0 radical (unpaired) electrons. The minimum Gasteiger partial charge on any atom is -0.489 e. The Bertz CT molecular complexity index is 1300. The number of nitrogens with two attached hydrogens (primary N) is 2. The van der Waals surface area contributed by atoms with Crippen LogP contribution in [0, 0.1) is 29.7 Å². The number of rotatable bonds is 4. The average molecular weight is 424 g/mol. The third-order valence-corrected chi connectivity index (χ3v) is 5.22. The number of aliphatic imine (C=N–C) groups is 1. The molecule has 0 bridgehead atoms. The first-order valence-corrected chi connectivity index (χ1v) is 9.78. The van der Waals surface area contributed by atoms with E-state index in [0.717, 1.165) is 11.1 Å². The molecule has 0 amide bonds. The highest BCUT2D eigenvalue weighted by Gasteiger charge is 2.31. The molecule has 1 aliphatic heterocycles. The zero-order valence-electron chi connectivity index (χ0n) is 17.3. The molecule has 1 aliphatic rings. The van der Waals surface area contributed by atoms with Crippen molar-refractivity contribution < 1.29 is 4.74 Å². The van der Waals surface area contributed by atoms with Crippen LogP contribution in [-0.4, -0.2) is 10.9 Å². The molecule has 9 heteroatoms. The van der Waals surface area contributed by atoms with Gasteiger partial charge in [-0.2, -0.15) is 10.5 Å². The van der Waals surface area contributed by atoms with Crippen molar-refractivity contribution in [3.8, 4) is 18.0 Å². The van der Waals surface area contributed by atoms with Crippen LogP contribution in [0.3, 0.4) is 0 Å². The summed E-state index contributed by atoms with van der Waals surface area (Å²) < 4.78 is 6.16. The smallest absolute Gasteiger partial charge is 0.211 e. The fourth-order valence-electron chi connectivity index (χ4n) is 3.57. The van der Waals surface area contributed by atoms with Gasteiger partial charge in [0, 0.05) is 11.1 Å². The van der Waals surface area contributed by atoms with Gasteiger partial charge in [0.1, 0.15) is 41.7 Å². The van der Waals surface area contributed by atoms with Crippen LogP contribution in [0.15, 0.2) is 53.5 Å². The van der Waals surface area contributed by atoms with E-state index in [2.05, 4.69) is 20.6 Å². The van der Waals surface area contributed by atoms with Gasteiger partial charge in [0.25, 0.3) is 0 Å². The third kappa shape index (κ3) is 3.71. The molecule has 2 aromatic carbocycles. The van der Waals surface area contributed by atoms with Crippen molar-refractivity contribution in [1.29, 1.82) is 10.5 Å². The van der Waals surface area contributed by atoms with E-state index in [1.807, 2.05) is 67.7 Å². The van der Waals surface area contributed by atoms with Crippen LogP contribution in [0.2, 0.25) is 0 Å². The number of nitriles is 2.